The number of H-pyrrole nitrogens is 1. The summed E-state index contributed by atoms with van der Waals surface area (Å²) in [5.74, 6) is -2.72. The van der Waals surface area contributed by atoms with Crippen molar-refractivity contribution in [2.24, 2.45) is 29.6 Å². The zero-order valence-electron chi connectivity index (χ0n) is 20.3. The highest BCUT2D eigenvalue weighted by Gasteiger charge is 2.70. The van der Waals surface area contributed by atoms with Gasteiger partial charge in [-0.2, -0.15) is 0 Å². The number of rotatable bonds is 6. The number of hydrogen-bond donors (Lipinski definition) is 2. The van der Waals surface area contributed by atoms with Crippen molar-refractivity contribution in [1.82, 2.24) is 9.88 Å². The minimum Gasteiger partial charge on any atom is -0.480 e. The molecule has 8 atom stereocenters. The van der Waals surface area contributed by atoms with Crippen LogP contribution in [0.15, 0.2) is 34.1 Å². The summed E-state index contributed by atoms with van der Waals surface area (Å²) in [5.41, 5.74) is 2.27. The maximum atomic E-state index is 13.5. The number of likely N-dealkylation sites (tertiary alicyclic amines) is 1. The molecule has 6 rings (SSSR count). The first-order chi connectivity index (χ1) is 17.3. The van der Waals surface area contributed by atoms with Gasteiger partial charge in [0.1, 0.15) is 6.04 Å². The van der Waals surface area contributed by atoms with E-state index in [-0.39, 0.29) is 45.6 Å². The first-order valence-electron chi connectivity index (χ1n) is 12.6. The second-order valence-corrected chi connectivity index (χ2v) is 12.5. The lowest BCUT2D eigenvalue weighted by Crippen LogP contribution is -2.44. The Hall–Kier alpha value is -2.59. The van der Waals surface area contributed by atoms with Crippen LogP contribution in [0.5, 0.6) is 0 Å². The number of aromatic nitrogens is 1. The number of thioether (sulfide) groups is 1. The predicted molar refractivity (Wildman–Crippen MR) is 137 cm³/mol. The minimum atomic E-state index is -1.17. The van der Waals surface area contributed by atoms with E-state index in [9.17, 15) is 24.3 Å². The van der Waals surface area contributed by atoms with Gasteiger partial charge in [0, 0.05) is 34.8 Å². The van der Waals surface area contributed by atoms with Gasteiger partial charge in [0.15, 0.2) is 0 Å². The van der Waals surface area contributed by atoms with Crippen molar-refractivity contribution in [2.75, 3.05) is 18.0 Å². The molecule has 0 spiro atoms. The number of hydrogen-bond acceptors (Lipinski definition) is 7. The molecule has 8 nitrogen and oxygen atoms in total. The van der Waals surface area contributed by atoms with Crippen LogP contribution in [-0.2, 0) is 14.4 Å². The molecule has 2 amide bonds. The lowest BCUT2D eigenvalue weighted by Gasteiger charge is -2.43. The molecule has 2 saturated carbocycles. The molecular formula is C26H29N3O5S2. The Labute approximate surface area is 217 Å². The lowest BCUT2D eigenvalue weighted by molar-refractivity contribution is -0.154. The van der Waals surface area contributed by atoms with Crippen LogP contribution < -0.4 is 9.77 Å². The molecule has 1 aromatic heterocycles. The number of carboxylic acid groups (broad SMARTS) is 1. The number of nitrogens with zero attached hydrogens (tertiary/aromatic N) is 2. The molecular weight excluding hydrogens is 498 g/mol. The summed E-state index contributed by atoms with van der Waals surface area (Å²) in [6.45, 7) is 7.50. The van der Waals surface area contributed by atoms with Gasteiger partial charge in [-0.15, -0.1) is 11.8 Å². The smallest absolute Gasteiger partial charge is 0.326 e. The number of imide groups is 1. The van der Waals surface area contributed by atoms with E-state index in [0.29, 0.717) is 0 Å². The van der Waals surface area contributed by atoms with Crippen molar-refractivity contribution in [3.8, 4) is 0 Å². The first-order valence-corrected chi connectivity index (χ1v) is 14.3. The average molecular weight is 528 g/mol. The van der Waals surface area contributed by atoms with Gasteiger partial charge in [0.05, 0.1) is 16.9 Å². The first kappa shape index (κ1) is 23.8. The molecule has 1 aromatic carbocycles. The Morgan fingerprint density at radius 2 is 1.75 bits per heavy atom. The number of carboxylic acids is 1. The lowest BCUT2D eigenvalue weighted by atomic mass is 9.68. The normalized spacial score (nSPS) is 32.9. The minimum absolute atomic E-state index is 0.00792. The molecule has 2 aliphatic heterocycles. The fraction of sp³-hybridized carbons (Fsp3) is 0.538. The van der Waals surface area contributed by atoms with Crippen LogP contribution in [-0.4, -0.2) is 57.2 Å². The second-order valence-electron chi connectivity index (χ2n) is 10.3. The molecule has 4 aliphatic rings. The number of fused-ring (bicyclic) bond motifs is 9. The maximum absolute atomic E-state index is 13.5. The van der Waals surface area contributed by atoms with Crippen molar-refractivity contribution in [3.05, 3.63) is 44.4 Å². The van der Waals surface area contributed by atoms with E-state index >= 15 is 0 Å². The number of aliphatic carboxylic acids is 1. The Kier molecular flexibility index (Phi) is 5.60. The number of carbonyl (C=O) groups excluding carboxylic acids is 2. The van der Waals surface area contributed by atoms with Gasteiger partial charge < -0.3 is 15.0 Å². The SMILES string of the molecule is CCN(CC)c1ccc([C@@H]2c3sc(=O)[nH]c3S[C@H]3[C@@H]4C[C@H]([C@H]5C(=O)N([C@@H](C)C(=O)O)C(=O)[C@H]45)[C@H]23)cc1. The van der Waals surface area contributed by atoms with Crippen LogP contribution in [0.1, 0.15) is 43.6 Å². The van der Waals surface area contributed by atoms with Gasteiger partial charge in [0.25, 0.3) is 0 Å². The van der Waals surface area contributed by atoms with Crippen LogP contribution in [0.25, 0.3) is 0 Å². The van der Waals surface area contributed by atoms with Crippen molar-refractivity contribution in [2.45, 2.75) is 49.4 Å². The number of thiazole rings is 1. The van der Waals surface area contributed by atoms with Gasteiger partial charge in [-0.3, -0.25) is 19.3 Å². The fourth-order valence-electron chi connectivity index (χ4n) is 7.39. The van der Waals surface area contributed by atoms with Crippen LogP contribution in [0, 0.1) is 29.6 Å². The third-order valence-corrected chi connectivity index (χ3v) is 11.5. The zero-order chi connectivity index (χ0) is 25.5. The monoisotopic (exact) mass is 527 g/mol. The Balaban J connectivity index is 1.41. The Morgan fingerprint density at radius 1 is 1.11 bits per heavy atom. The van der Waals surface area contributed by atoms with Crippen molar-refractivity contribution in [3.63, 3.8) is 0 Å². The highest BCUT2D eigenvalue weighted by atomic mass is 32.2. The van der Waals surface area contributed by atoms with E-state index < -0.39 is 23.8 Å². The summed E-state index contributed by atoms with van der Waals surface area (Å²) in [6, 6.07) is 7.38. The second kappa shape index (κ2) is 8.48. The molecule has 3 heterocycles. The molecule has 2 aliphatic carbocycles. The van der Waals surface area contributed by atoms with Crippen LogP contribution in [0.2, 0.25) is 0 Å². The Morgan fingerprint density at radius 3 is 2.36 bits per heavy atom. The standard InChI is InChI=1S/C26H29N3O5S2/c1-4-28(5-2)13-8-6-12(7-9-13)16-17-14-10-15(20(17)35-22-21(16)36-26(34)27-22)19-18(14)23(30)29(24(19)31)11(3)25(32)33/h6-9,11,14-20H,4-5,10H2,1-3H3,(H,27,34)(H,32,33)/t11-,14-,15+,16-,17+,18+,19+,20-/m0/s1. The molecule has 3 fully saturated rings. The number of amides is 2. The predicted octanol–water partition coefficient (Wildman–Crippen LogP) is 3.23. The quantitative estimate of drug-likeness (QED) is 0.555. The molecule has 1 saturated heterocycles. The average Bonchev–Trinajstić information content (AvgIpc) is 3.58. The molecule has 36 heavy (non-hydrogen) atoms. The van der Waals surface area contributed by atoms with E-state index in [0.717, 1.165) is 45.6 Å². The van der Waals surface area contributed by atoms with Crippen molar-refractivity contribution in [1.29, 1.82) is 0 Å². The van der Waals surface area contributed by atoms with Gasteiger partial charge in [-0.05, 0) is 62.6 Å². The number of aromatic amines is 1. The molecule has 2 N–H and O–H groups in total. The van der Waals surface area contributed by atoms with Crippen LogP contribution in [0.3, 0.4) is 0 Å². The molecule has 0 unspecified atom stereocenters. The maximum Gasteiger partial charge on any atom is 0.326 e. The molecule has 0 radical (unpaired) electrons. The summed E-state index contributed by atoms with van der Waals surface area (Å²) in [6.07, 6.45) is 0.789. The molecule has 2 bridgehead atoms. The van der Waals surface area contributed by atoms with Crippen molar-refractivity contribution < 1.29 is 19.5 Å². The van der Waals surface area contributed by atoms with Crippen LogP contribution in [0.4, 0.5) is 5.69 Å². The topological polar surface area (TPSA) is 111 Å². The van der Waals surface area contributed by atoms with Gasteiger partial charge in [-0.1, -0.05) is 23.5 Å². The third kappa shape index (κ3) is 3.19. The van der Waals surface area contributed by atoms with Gasteiger partial charge in [-0.25, -0.2) is 4.79 Å². The van der Waals surface area contributed by atoms with E-state index in [1.807, 2.05) is 0 Å². The summed E-state index contributed by atoms with van der Waals surface area (Å²) in [4.78, 5) is 58.1. The van der Waals surface area contributed by atoms with Gasteiger partial charge >= 0.3 is 10.8 Å². The molecule has 2 aromatic rings. The number of nitrogens with one attached hydrogen (secondary N) is 1. The van der Waals surface area contributed by atoms with Crippen LogP contribution >= 0.6 is 23.1 Å². The fourth-order valence-corrected chi connectivity index (χ4v) is 10.3. The number of anilines is 1. The molecule has 10 heteroatoms. The highest BCUT2D eigenvalue weighted by molar-refractivity contribution is 8.00. The van der Waals surface area contributed by atoms with E-state index in [2.05, 4.69) is 48.0 Å². The van der Waals surface area contributed by atoms with E-state index in [1.54, 1.807) is 11.8 Å². The highest BCUT2D eigenvalue weighted by Crippen LogP contribution is 2.68. The van der Waals surface area contributed by atoms with E-state index in [4.69, 9.17) is 0 Å². The number of benzene rings is 1. The Bertz CT molecular complexity index is 1300. The molecule has 190 valence electrons. The number of carbonyl (C=O) groups is 3. The summed E-state index contributed by atoms with van der Waals surface area (Å²) in [5, 5.41) is 10.5. The van der Waals surface area contributed by atoms with Gasteiger partial charge in [0.2, 0.25) is 11.8 Å². The third-order valence-electron chi connectivity index (χ3n) is 8.88. The van der Waals surface area contributed by atoms with Crippen molar-refractivity contribution >= 4 is 46.6 Å². The summed E-state index contributed by atoms with van der Waals surface area (Å²) in [7, 11) is 0. The summed E-state index contributed by atoms with van der Waals surface area (Å²) < 4.78 is 0. The summed E-state index contributed by atoms with van der Waals surface area (Å²) >= 11 is 2.88. The van der Waals surface area contributed by atoms with E-state index in [1.165, 1.54) is 18.3 Å². The largest absolute Gasteiger partial charge is 0.480 e. The zero-order valence-corrected chi connectivity index (χ0v) is 22.0.